The number of Topliss-reactive ketones (excluding diaryl/α,β-unsaturated/α-hetero) is 1. The van der Waals surface area contributed by atoms with Crippen LogP contribution in [0.1, 0.15) is 23.0 Å². The second-order valence-corrected chi connectivity index (χ2v) is 5.18. The van der Waals surface area contributed by atoms with Gasteiger partial charge in [0, 0.05) is 17.4 Å². The van der Waals surface area contributed by atoms with Crippen LogP contribution in [-0.4, -0.2) is 21.7 Å². The molecule has 0 bridgehead atoms. The predicted octanol–water partition coefficient (Wildman–Crippen LogP) is 4.14. The maximum Gasteiger partial charge on any atom is 0.159 e. The molecule has 0 aliphatic heterocycles. The minimum absolute atomic E-state index is 0.0433. The van der Waals surface area contributed by atoms with Gasteiger partial charge in [-0.15, -0.1) is 0 Å². The molecule has 114 valence electrons. The van der Waals surface area contributed by atoms with E-state index in [1.807, 2.05) is 47.2 Å². The smallest absolute Gasteiger partial charge is 0.159 e. The maximum atomic E-state index is 11.3. The summed E-state index contributed by atoms with van der Waals surface area (Å²) in [6.07, 6.45) is 3.71. The highest BCUT2D eigenvalue weighted by Gasteiger charge is 2.02. The lowest BCUT2D eigenvalue weighted by atomic mass is 10.1. The number of rotatable bonds is 4. The number of carbonyl (C=O) groups is 1. The second kappa shape index (κ2) is 6.32. The lowest BCUT2D eigenvalue weighted by Gasteiger charge is -2.06. The van der Waals surface area contributed by atoms with Crippen molar-refractivity contribution < 1.29 is 9.90 Å². The van der Waals surface area contributed by atoms with E-state index in [4.69, 9.17) is 0 Å². The van der Waals surface area contributed by atoms with E-state index in [2.05, 4.69) is 4.99 Å². The van der Waals surface area contributed by atoms with Crippen LogP contribution in [0.15, 0.2) is 71.9 Å². The fraction of sp³-hybridized carbons (Fsp3) is 0.0526. The molecule has 3 rings (SSSR count). The largest absolute Gasteiger partial charge is 0.508 e. The van der Waals surface area contributed by atoms with Gasteiger partial charge in [0.25, 0.3) is 0 Å². The number of hydrogen-bond acceptors (Lipinski definition) is 3. The highest BCUT2D eigenvalue weighted by atomic mass is 16.3. The van der Waals surface area contributed by atoms with Gasteiger partial charge in [-0.2, -0.15) is 0 Å². The molecule has 2 aromatic carbocycles. The lowest BCUT2D eigenvalue weighted by Crippen LogP contribution is -1.97. The average Bonchev–Trinajstić information content (AvgIpc) is 3.02. The molecule has 0 saturated heterocycles. The topological polar surface area (TPSA) is 54.6 Å². The molecule has 0 spiro atoms. The van der Waals surface area contributed by atoms with Crippen molar-refractivity contribution in [2.75, 3.05) is 0 Å². The van der Waals surface area contributed by atoms with Gasteiger partial charge in [0.05, 0.1) is 17.6 Å². The first-order valence-corrected chi connectivity index (χ1v) is 7.25. The summed E-state index contributed by atoms with van der Waals surface area (Å²) in [5, 5.41) is 9.38. The van der Waals surface area contributed by atoms with Gasteiger partial charge in [0.1, 0.15) is 5.75 Å². The number of carbonyl (C=O) groups excluding carboxylic acids is 1. The van der Waals surface area contributed by atoms with Gasteiger partial charge in [-0.25, -0.2) is 0 Å². The van der Waals surface area contributed by atoms with Crippen LogP contribution >= 0.6 is 0 Å². The molecule has 4 heteroatoms. The van der Waals surface area contributed by atoms with Crippen LogP contribution in [0.3, 0.4) is 0 Å². The third-order valence-corrected chi connectivity index (χ3v) is 3.53. The molecule has 1 aromatic heterocycles. The van der Waals surface area contributed by atoms with Gasteiger partial charge in [-0.3, -0.25) is 9.79 Å². The Morgan fingerprint density at radius 3 is 2.39 bits per heavy atom. The van der Waals surface area contributed by atoms with Crippen LogP contribution in [-0.2, 0) is 0 Å². The van der Waals surface area contributed by atoms with Crippen molar-refractivity contribution in [3.8, 4) is 11.4 Å². The molecular weight excluding hydrogens is 288 g/mol. The van der Waals surface area contributed by atoms with Gasteiger partial charge < -0.3 is 9.67 Å². The summed E-state index contributed by atoms with van der Waals surface area (Å²) in [6.45, 7) is 1.54. The zero-order valence-corrected chi connectivity index (χ0v) is 12.7. The first-order chi connectivity index (χ1) is 11.1. The van der Waals surface area contributed by atoms with Crippen LogP contribution in [0.5, 0.6) is 5.75 Å². The number of phenols is 1. The Morgan fingerprint density at radius 1 is 1.04 bits per heavy atom. The van der Waals surface area contributed by atoms with Crippen LogP contribution in [0.2, 0.25) is 0 Å². The summed E-state index contributed by atoms with van der Waals surface area (Å²) in [4.78, 5) is 15.7. The zero-order chi connectivity index (χ0) is 16.2. The van der Waals surface area contributed by atoms with Crippen molar-refractivity contribution in [2.24, 2.45) is 4.99 Å². The Morgan fingerprint density at radius 2 is 1.74 bits per heavy atom. The number of aromatic nitrogens is 1. The molecular formula is C19H16N2O2. The van der Waals surface area contributed by atoms with Crippen LogP contribution < -0.4 is 0 Å². The van der Waals surface area contributed by atoms with E-state index in [0.717, 1.165) is 17.1 Å². The average molecular weight is 304 g/mol. The third-order valence-electron chi connectivity index (χ3n) is 3.53. The molecule has 0 aliphatic rings. The van der Waals surface area contributed by atoms with Gasteiger partial charge in [-0.1, -0.05) is 0 Å². The predicted molar refractivity (Wildman–Crippen MR) is 91.1 cm³/mol. The Balaban J connectivity index is 1.84. The van der Waals surface area contributed by atoms with E-state index in [0.29, 0.717) is 5.56 Å². The van der Waals surface area contributed by atoms with Gasteiger partial charge in [-0.05, 0) is 67.6 Å². The van der Waals surface area contributed by atoms with Gasteiger partial charge >= 0.3 is 0 Å². The Bertz CT molecular complexity index is 844. The number of aliphatic imine (C=N–C) groups is 1. The Kier molecular flexibility index (Phi) is 4.06. The van der Waals surface area contributed by atoms with E-state index in [9.17, 15) is 9.90 Å². The number of aromatic hydroxyl groups is 1. The summed E-state index contributed by atoms with van der Waals surface area (Å²) in [5.74, 6) is 0.281. The first-order valence-electron chi connectivity index (χ1n) is 7.25. The summed E-state index contributed by atoms with van der Waals surface area (Å²) in [5.41, 5.74) is 3.33. The lowest BCUT2D eigenvalue weighted by molar-refractivity contribution is 0.101. The molecule has 4 nitrogen and oxygen atoms in total. The van der Waals surface area contributed by atoms with E-state index >= 15 is 0 Å². The van der Waals surface area contributed by atoms with E-state index in [1.54, 1.807) is 37.4 Å². The third kappa shape index (κ3) is 3.37. The van der Waals surface area contributed by atoms with E-state index < -0.39 is 0 Å². The summed E-state index contributed by atoms with van der Waals surface area (Å²) in [7, 11) is 0. The molecule has 0 aliphatic carbocycles. The standard InChI is InChI=1S/C19H16N2O2/c1-14(22)15-4-6-16(7-5-15)20-13-18-3-2-12-21(18)17-8-10-19(23)11-9-17/h2-13,23H,1H3. The van der Waals surface area contributed by atoms with Gasteiger partial charge in [0.2, 0.25) is 0 Å². The summed E-state index contributed by atoms with van der Waals surface area (Å²) < 4.78 is 1.98. The van der Waals surface area contributed by atoms with E-state index in [1.165, 1.54) is 0 Å². The molecule has 1 N–H and O–H groups in total. The highest BCUT2D eigenvalue weighted by Crippen LogP contribution is 2.17. The monoisotopic (exact) mass is 304 g/mol. The molecule has 0 atom stereocenters. The van der Waals surface area contributed by atoms with Crippen molar-refractivity contribution in [3.63, 3.8) is 0 Å². The molecule has 3 aromatic rings. The number of benzene rings is 2. The van der Waals surface area contributed by atoms with Crippen molar-refractivity contribution in [3.05, 3.63) is 78.1 Å². The van der Waals surface area contributed by atoms with Crippen molar-refractivity contribution >= 4 is 17.7 Å². The molecule has 0 saturated carbocycles. The van der Waals surface area contributed by atoms with Crippen molar-refractivity contribution in [1.82, 2.24) is 4.57 Å². The molecule has 0 amide bonds. The van der Waals surface area contributed by atoms with Crippen molar-refractivity contribution in [1.29, 1.82) is 0 Å². The van der Waals surface area contributed by atoms with Crippen LogP contribution in [0.25, 0.3) is 5.69 Å². The SMILES string of the molecule is CC(=O)c1ccc(N=Cc2cccn2-c2ccc(O)cc2)cc1. The fourth-order valence-corrected chi connectivity index (χ4v) is 2.27. The van der Waals surface area contributed by atoms with Gasteiger partial charge in [0.15, 0.2) is 5.78 Å². The number of phenolic OH excluding ortho intramolecular Hbond substituents is 1. The van der Waals surface area contributed by atoms with E-state index in [-0.39, 0.29) is 11.5 Å². The quantitative estimate of drug-likeness (QED) is 0.582. The summed E-state index contributed by atoms with van der Waals surface area (Å²) >= 11 is 0. The molecule has 0 unspecified atom stereocenters. The minimum Gasteiger partial charge on any atom is -0.508 e. The molecule has 23 heavy (non-hydrogen) atoms. The van der Waals surface area contributed by atoms with Crippen molar-refractivity contribution in [2.45, 2.75) is 6.92 Å². The maximum absolute atomic E-state index is 11.3. The van der Waals surface area contributed by atoms with Crippen LogP contribution in [0, 0.1) is 0 Å². The normalized spacial score (nSPS) is 11.0. The minimum atomic E-state index is 0.0433. The fourth-order valence-electron chi connectivity index (χ4n) is 2.27. The Hall–Kier alpha value is -3.14. The number of ketones is 1. The molecule has 0 radical (unpaired) electrons. The molecule has 1 heterocycles. The Labute approximate surface area is 134 Å². The second-order valence-electron chi connectivity index (χ2n) is 5.18. The summed E-state index contributed by atoms with van der Waals surface area (Å²) in [6, 6.07) is 18.1. The van der Waals surface area contributed by atoms with Crippen LogP contribution in [0.4, 0.5) is 5.69 Å². The number of nitrogens with zero attached hydrogens (tertiary/aromatic N) is 2. The first kappa shape index (κ1) is 14.8. The number of hydrogen-bond donors (Lipinski definition) is 1. The zero-order valence-electron chi connectivity index (χ0n) is 12.7. The molecule has 0 fully saturated rings. The highest BCUT2D eigenvalue weighted by molar-refractivity contribution is 5.94.